The van der Waals surface area contributed by atoms with Gasteiger partial charge in [0.25, 0.3) is 10.0 Å². The van der Waals surface area contributed by atoms with Crippen LogP contribution in [0, 0.1) is 11.6 Å². The summed E-state index contributed by atoms with van der Waals surface area (Å²) in [7, 11) is -3.97. The highest BCUT2D eigenvalue weighted by Gasteiger charge is 2.23. The van der Waals surface area contributed by atoms with Crippen molar-refractivity contribution in [2.24, 2.45) is 0 Å². The summed E-state index contributed by atoms with van der Waals surface area (Å²) >= 11 is 0. The van der Waals surface area contributed by atoms with E-state index in [0.717, 1.165) is 16.1 Å². The lowest BCUT2D eigenvalue weighted by atomic mass is 10.1. The van der Waals surface area contributed by atoms with Gasteiger partial charge in [-0.15, -0.1) is 12.4 Å². The van der Waals surface area contributed by atoms with Crippen molar-refractivity contribution in [2.45, 2.75) is 4.90 Å². The molecule has 0 radical (unpaired) electrons. The van der Waals surface area contributed by atoms with Crippen LogP contribution in [0.1, 0.15) is 0 Å². The number of hydrogen-bond donors (Lipinski definition) is 1. The number of halogens is 3. The van der Waals surface area contributed by atoms with Gasteiger partial charge in [0.05, 0.1) is 16.6 Å². The molecular weight excluding hydrogens is 384 g/mol. The summed E-state index contributed by atoms with van der Waals surface area (Å²) in [5, 5.41) is 6.72. The van der Waals surface area contributed by atoms with Crippen molar-refractivity contribution in [1.29, 1.82) is 0 Å². The van der Waals surface area contributed by atoms with E-state index in [-0.39, 0.29) is 28.2 Å². The molecule has 4 aromatic rings. The number of nitrogens with one attached hydrogen (secondary N) is 1. The molecule has 0 fully saturated rings. The number of H-pyrrole nitrogens is 1. The van der Waals surface area contributed by atoms with E-state index in [0.29, 0.717) is 11.1 Å². The minimum Gasteiger partial charge on any atom is -0.285 e. The van der Waals surface area contributed by atoms with Gasteiger partial charge in [-0.3, -0.25) is 5.10 Å². The van der Waals surface area contributed by atoms with Crippen molar-refractivity contribution in [1.82, 2.24) is 14.2 Å². The molecule has 0 bridgehead atoms. The molecule has 0 spiro atoms. The van der Waals surface area contributed by atoms with Crippen molar-refractivity contribution >= 4 is 33.3 Å². The van der Waals surface area contributed by atoms with E-state index >= 15 is 0 Å². The number of benzene rings is 2. The molecule has 0 amide bonds. The van der Waals surface area contributed by atoms with E-state index in [9.17, 15) is 17.2 Å². The lowest BCUT2D eigenvalue weighted by Crippen LogP contribution is -2.11. The Hall–Kier alpha value is -2.71. The average Bonchev–Trinajstić information content (AvgIpc) is 3.24. The minimum absolute atomic E-state index is 0. The van der Waals surface area contributed by atoms with E-state index in [1.165, 1.54) is 24.5 Å². The van der Waals surface area contributed by atoms with Gasteiger partial charge in [-0.05, 0) is 18.2 Å². The van der Waals surface area contributed by atoms with E-state index in [2.05, 4.69) is 10.2 Å². The highest BCUT2D eigenvalue weighted by molar-refractivity contribution is 7.90. The zero-order chi connectivity index (χ0) is 17.6. The van der Waals surface area contributed by atoms with Gasteiger partial charge in [-0.25, -0.2) is 21.2 Å². The molecule has 26 heavy (non-hydrogen) atoms. The number of aromatic amines is 1. The van der Waals surface area contributed by atoms with Gasteiger partial charge in [0.1, 0.15) is 0 Å². The Morgan fingerprint density at radius 1 is 1.04 bits per heavy atom. The van der Waals surface area contributed by atoms with Crippen molar-refractivity contribution in [3.63, 3.8) is 0 Å². The van der Waals surface area contributed by atoms with Crippen LogP contribution in [-0.4, -0.2) is 22.6 Å². The van der Waals surface area contributed by atoms with Gasteiger partial charge in [-0.1, -0.05) is 18.2 Å². The molecule has 0 saturated carbocycles. The van der Waals surface area contributed by atoms with Gasteiger partial charge < -0.3 is 0 Å². The summed E-state index contributed by atoms with van der Waals surface area (Å²) in [4.78, 5) is 0.0513. The van der Waals surface area contributed by atoms with Crippen LogP contribution in [0.3, 0.4) is 0 Å². The average molecular weight is 396 g/mol. The number of fused-ring (bicyclic) bond motifs is 1. The van der Waals surface area contributed by atoms with E-state index < -0.39 is 21.7 Å². The summed E-state index contributed by atoms with van der Waals surface area (Å²) in [5.41, 5.74) is 1.05. The lowest BCUT2D eigenvalue weighted by molar-refractivity contribution is 0.510. The predicted octanol–water partition coefficient (Wildman–Crippen LogP) is 3.97. The van der Waals surface area contributed by atoms with Crippen LogP contribution < -0.4 is 0 Å². The van der Waals surface area contributed by atoms with Gasteiger partial charge in [0.2, 0.25) is 0 Å². The Balaban J connectivity index is 0.00000196. The predicted molar refractivity (Wildman–Crippen MR) is 95.7 cm³/mol. The standard InChI is InChI=1S/C17H11F2N3O2S.ClH/c18-15-6-13-14(11-8-20-21-9-11)10-22(17(13)7-16(15)19)25(23,24)12-4-2-1-3-5-12;/h1-10H,(H,20,21);1H. The Morgan fingerprint density at radius 2 is 1.73 bits per heavy atom. The molecule has 2 aromatic heterocycles. The highest BCUT2D eigenvalue weighted by atomic mass is 35.5. The topological polar surface area (TPSA) is 67.8 Å². The normalized spacial score (nSPS) is 11.5. The third kappa shape index (κ3) is 2.77. The first kappa shape index (κ1) is 18.1. The Bertz CT molecular complexity index is 1170. The molecule has 0 aliphatic heterocycles. The molecule has 134 valence electrons. The molecule has 0 atom stereocenters. The van der Waals surface area contributed by atoms with Crippen LogP contribution in [0.2, 0.25) is 0 Å². The largest absolute Gasteiger partial charge is 0.285 e. The van der Waals surface area contributed by atoms with Crippen LogP contribution in [-0.2, 0) is 10.0 Å². The maximum absolute atomic E-state index is 13.8. The summed E-state index contributed by atoms with van der Waals surface area (Å²) in [5.74, 6) is -2.17. The molecule has 5 nitrogen and oxygen atoms in total. The highest BCUT2D eigenvalue weighted by Crippen LogP contribution is 2.33. The first-order chi connectivity index (χ1) is 12.0. The van der Waals surface area contributed by atoms with Crippen LogP contribution >= 0.6 is 12.4 Å². The first-order valence-electron chi connectivity index (χ1n) is 7.28. The van der Waals surface area contributed by atoms with Crippen molar-refractivity contribution < 1.29 is 17.2 Å². The second-order valence-corrected chi connectivity index (χ2v) is 7.24. The fourth-order valence-corrected chi connectivity index (χ4v) is 4.11. The lowest BCUT2D eigenvalue weighted by Gasteiger charge is -2.07. The SMILES string of the molecule is Cl.O=S(=O)(c1ccccc1)n1cc(-c2cn[nH]c2)c2cc(F)c(F)cc21. The van der Waals surface area contributed by atoms with Gasteiger partial charge in [0.15, 0.2) is 11.6 Å². The number of nitrogens with zero attached hydrogens (tertiary/aromatic N) is 2. The van der Waals surface area contributed by atoms with Crippen molar-refractivity contribution in [3.05, 3.63) is 72.7 Å². The molecule has 0 unspecified atom stereocenters. The maximum atomic E-state index is 13.8. The van der Waals surface area contributed by atoms with Gasteiger partial charge in [-0.2, -0.15) is 5.10 Å². The zero-order valence-electron chi connectivity index (χ0n) is 13.1. The third-order valence-electron chi connectivity index (χ3n) is 3.92. The molecular formula is C17H12ClF2N3O2S. The summed E-state index contributed by atoms with van der Waals surface area (Å²) in [6.45, 7) is 0. The van der Waals surface area contributed by atoms with E-state index in [1.54, 1.807) is 24.4 Å². The van der Waals surface area contributed by atoms with Gasteiger partial charge in [0, 0.05) is 35.0 Å². The van der Waals surface area contributed by atoms with Crippen molar-refractivity contribution in [2.75, 3.05) is 0 Å². The second-order valence-electron chi connectivity index (χ2n) is 5.43. The van der Waals surface area contributed by atoms with E-state index in [4.69, 9.17) is 0 Å². The Labute approximate surface area is 153 Å². The third-order valence-corrected chi connectivity index (χ3v) is 5.61. The number of rotatable bonds is 3. The quantitative estimate of drug-likeness (QED) is 0.570. The molecule has 0 aliphatic rings. The fourth-order valence-electron chi connectivity index (χ4n) is 2.72. The fraction of sp³-hybridized carbons (Fsp3) is 0. The summed E-state index contributed by atoms with van der Waals surface area (Å²) < 4.78 is 54.4. The van der Waals surface area contributed by atoms with E-state index in [1.807, 2.05) is 0 Å². The molecule has 0 saturated heterocycles. The molecule has 0 aliphatic carbocycles. The van der Waals surface area contributed by atoms with Crippen LogP contribution in [0.5, 0.6) is 0 Å². The number of aromatic nitrogens is 3. The monoisotopic (exact) mass is 395 g/mol. The zero-order valence-corrected chi connectivity index (χ0v) is 14.7. The number of hydrogen-bond acceptors (Lipinski definition) is 3. The Kier molecular flexibility index (Phi) is 4.55. The molecule has 1 N–H and O–H groups in total. The maximum Gasteiger partial charge on any atom is 0.268 e. The van der Waals surface area contributed by atoms with Crippen molar-refractivity contribution in [3.8, 4) is 11.1 Å². The van der Waals surface area contributed by atoms with Gasteiger partial charge >= 0.3 is 0 Å². The Morgan fingerprint density at radius 3 is 2.38 bits per heavy atom. The second kappa shape index (κ2) is 6.54. The minimum atomic E-state index is -3.97. The molecule has 2 aromatic carbocycles. The summed E-state index contributed by atoms with van der Waals surface area (Å²) in [6.07, 6.45) is 4.38. The van der Waals surface area contributed by atoms with Crippen LogP contribution in [0.25, 0.3) is 22.0 Å². The molecule has 2 heterocycles. The van der Waals surface area contributed by atoms with Crippen LogP contribution in [0.4, 0.5) is 8.78 Å². The molecule has 4 rings (SSSR count). The smallest absolute Gasteiger partial charge is 0.268 e. The molecule has 9 heteroatoms. The summed E-state index contributed by atoms with van der Waals surface area (Å²) in [6, 6.07) is 9.64. The first-order valence-corrected chi connectivity index (χ1v) is 8.72. The van der Waals surface area contributed by atoms with Crippen LogP contribution in [0.15, 0.2) is 66.0 Å².